The summed E-state index contributed by atoms with van der Waals surface area (Å²) in [4.78, 5) is 48.7. The van der Waals surface area contributed by atoms with Gasteiger partial charge in [-0.25, -0.2) is 13.4 Å². The fourth-order valence-electron chi connectivity index (χ4n) is 2.51. The number of carbonyl (C=O) groups is 1. The van der Waals surface area contributed by atoms with E-state index in [0.717, 1.165) is 11.0 Å². The summed E-state index contributed by atoms with van der Waals surface area (Å²) in [7, 11) is -11.0. The summed E-state index contributed by atoms with van der Waals surface area (Å²) in [6, 6.07) is 0. The van der Waals surface area contributed by atoms with Crippen LogP contribution < -0.4 is 5.32 Å². The number of rotatable bonds is 8. The van der Waals surface area contributed by atoms with Crippen molar-refractivity contribution < 1.29 is 61.6 Å². The standard InChI is InChI=1S/C12H17N2O13P3S/c1-3-12(17)10(16)8(25-11(12)14-5-4-9(15)13-7(14)2)6-24-30(23,31)27-29(21,22)26-28(18,19)20/h1,4-5,8,10-11,16-17H,2,6H2,(H,13,15)(H,21,22)(H,23,31)(H2,18,19,20)/t8-,10-,11?,12-,30-/m1/s1. The summed E-state index contributed by atoms with van der Waals surface area (Å²) in [5, 5.41) is 23.4. The van der Waals surface area contributed by atoms with E-state index in [0.29, 0.717) is 0 Å². The van der Waals surface area contributed by atoms with E-state index >= 15 is 0 Å². The van der Waals surface area contributed by atoms with Gasteiger partial charge in [-0.05, 0) is 11.8 Å². The SMILES string of the molecule is C#C[C@]1(O)C(N2C=CC(=O)NC2=C)O[C@H](CO[P@@](O)(=S)OP(=O)(O)OP(=O)(O)O)[C@H]1O. The first-order valence-corrected chi connectivity index (χ1v) is 13.4. The number of nitrogens with one attached hydrogen (secondary N) is 1. The minimum absolute atomic E-state index is 0.0497. The monoisotopic (exact) mass is 522 g/mol. The lowest BCUT2D eigenvalue weighted by Crippen LogP contribution is -2.54. The molecule has 174 valence electrons. The summed E-state index contributed by atoms with van der Waals surface area (Å²) < 4.78 is 39.9. The van der Waals surface area contributed by atoms with E-state index in [2.05, 4.69) is 32.3 Å². The Kier molecular flexibility index (Phi) is 7.72. The van der Waals surface area contributed by atoms with Crippen molar-refractivity contribution >= 4 is 40.1 Å². The summed E-state index contributed by atoms with van der Waals surface area (Å²) in [6.07, 6.45) is 2.70. The summed E-state index contributed by atoms with van der Waals surface area (Å²) in [5.41, 5.74) is -2.38. The Bertz CT molecular complexity index is 975. The molecule has 0 spiro atoms. The lowest BCUT2D eigenvalue weighted by molar-refractivity contribution is -0.120. The normalized spacial score (nSPS) is 32.8. The molecule has 0 radical (unpaired) electrons. The molecule has 1 amide bonds. The zero-order chi connectivity index (χ0) is 23.8. The quantitative estimate of drug-likeness (QED) is 0.140. The number of ether oxygens (including phenoxy) is 1. The van der Waals surface area contributed by atoms with Crippen molar-refractivity contribution in [3.63, 3.8) is 0 Å². The van der Waals surface area contributed by atoms with Crippen molar-refractivity contribution in [3.05, 3.63) is 24.7 Å². The Balaban J connectivity index is 2.13. The van der Waals surface area contributed by atoms with Gasteiger partial charge in [0.2, 0.25) is 0 Å². The number of nitrogens with zero attached hydrogens (tertiary/aromatic N) is 1. The van der Waals surface area contributed by atoms with Crippen molar-refractivity contribution in [1.29, 1.82) is 0 Å². The minimum atomic E-state index is -5.54. The van der Waals surface area contributed by atoms with E-state index in [1.165, 1.54) is 6.20 Å². The van der Waals surface area contributed by atoms with Gasteiger partial charge in [0.15, 0.2) is 11.8 Å². The third kappa shape index (κ3) is 6.52. The fraction of sp³-hybridized carbons (Fsp3) is 0.417. The first kappa shape index (κ1) is 26.3. The minimum Gasteiger partial charge on any atom is -0.386 e. The molecule has 6 atom stereocenters. The van der Waals surface area contributed by atoms with Crippen LogP contribution in [0.2, 0.25) is 0 Å². The second kappa shape index (κ2) is 9.11. The van der Waals surface area contributed by atoms with Gasteiger partial charge in [-0.3, -0.25) is 4.79 Å². The zero-order valence-corrected chi connectivity index (χ0v) is 18.6. The number of amides is 1. The lowest BCUT2D eigenvalue weighted by Gasteiger charge is -2.36. The molecule has 15 nitrogen and oxygen atoms in total. The topological polar surface area (TPSA) is 225 Å². The number of hydrogen-bond donors (Lipinski definition) is 7. The first-order chi connectivity index (χ1) is 14.0. The Morgan fingerprint density at radius 3 is 2.48 bits per heavy atom. The summed E-state index contributed by atoms with van der Waals surface area (Å²) in [6.45, 7) is -1.98. The second-order valence-electron chi connectivity index (χ2n) is 5.99. The second-order valence-corrected chi connectivity index (χ2v) is 11.8. The van der Waals surface area contributed by atoms with E-state index in [4.69, 9.17) is 25.5 Å². The van der Waals surface area contributed by atoms with Crippen molar-refractivity contribution in [2.45, 2.75) is 24.0 Å². The molecule has 2 unspecified atom stereocenters. The van der Waals surface area contributed by atoms with Gasteiger partial charge in [0.05, 0.1) is 6.61 Å². The number of hydrogen-bond acceptors (Lipinski definition) is 11. The number of phosphoric acid groups is 2. The molecule has 1 saturated heterocycles. The van der Waals surface area contributed by atoms with Crippen LogP contribution in [-0.2, 0) is 43.6 Å². The van der Waals surface area contributed by atoms with Gasteiger partial charge in [-0.2, -0.15) is 4.31 Å². The smallest absolute Gasteiger partial charge is 0.386 e. The average Bonchev–Trinajstić information content (AvgIpc) is 2.82. The van der Waals surface area contributed by atoms with E-state index < -0.39 is 58.9 Å². The van der Waals surface area contributed by atoms with Crippen LogP contribution in [0.1, 0.15) is 0 Å². The van der Waals surface area contributed by atoms with Crippen molar-refractivity contribution in [3.8, 4) is 12.3 Å². The van der Waals surface area contributed by atoms with E-state index in [1.807, 2.05) is 5.92 Å². The molecular formula is C12H17N2O13P3S. The zero-order valence-electron chi connectivity index (χ0n) is 15.1. The number of terminal acetylenes is 1. The molecule has 0 aliphatic carbocycles. The van der Waals surface area contributed by atoms with Crippen molar-refractivity contribution in [2.24, 2.45) is 0 Å². The van der Waals surface area contributed by atoms with E-state index in [9.17, 15) is 33.9 Å². The van der Waals surface area contributed by atoms with Crippen LogP contribution in [-0.4, -0.2) is 71.2 Å². The third-order valence-electron chi connectivity index (χ3n) is 3.75. The molecular weight excluding hydrogens is 505 g/mol. The number of aliphatic hydroxyl groups excluding tert-OH is 1. The molecule has 2 rings (SSSR count). The Morgan fingerprint density at radius 2 is 1.97 bits per heavy atom. The summed E-state index contributed by atoms with van der Waals surface area (Å²) in [5.74, 6) is 1.38. The van der Waals surface area contributed by atoms with Crippen molar-refractivity contribution in [2.75, 3.05) is 6.61 Å². The predicted molar refractivity (Wildman–Crippen MR) is 103 cm³/mol. The maximum absolute atomic E-state index is 11.5. The maximum Gasteiger partial charge on any atom is 0.488 e. The van der Waals surface area contributed by atoms with Gasteiger partial charge in [-0.1, -0.05) is 12.5 Å². The number of aliphatic hydroxyl groups is 2. The van der Waals surface area contributed by atoms with Gasteiger partial charge in [0.25, 0.3) is 5.91 Å². The van der Waals surface area contributed by atoms with Gasteiger partial charge >= 0.3 is 22.4 Å². The van der Waals surface area contributed by atoms with Crippen LogP contribution in [0.15, 0.2) is 24.7 Å². The molecule has 2 heterocycles. The lowest BCUT2D eigenvalue weighted by atomic mass is 9.94. The average molecular weight is 522 g/mol. The molecule has 0 aromatic rings. The van der Waals surface area contributed by atoms with Crippen LogP contribution >= 0.6 is 22.4 Å². The fourth-order valence-corrected chi connectivity index (χ4v) is 6.49. The Hall–Kier alpha value is -0.980. The molecule has 0 saturated carbocycles. The molecule has 0 aromatic heterocycles. The highest BCUT2D eigenvalue weighted by atomic mass is 32.5. The highest BCUT2D eigenvalue weighted by Gasteiger charge is 2.57. The molecule has 19 heteroatoms. The Morgan fingerprint density at radius 1 is 1.35 bits per heavy atom. The van der Waals surface area contributed by atoms with Crippen LogP contribution in [0.5, 0.6) is 0 Å². The highest BCUT2D eigenvalue weighted by molar-refractivity contribution is 8.08. The first-order valence-electron chi connectivity index (χ1n) is 7.78. The molecule has 2 aliphatic heterocycles. The summed E-state index contributed by atoms with van der Waals surface area (Å²) >= 11 is 4.46. The van der Waals surface area contributed by atoms with Crippen molar-refractivity contribution in [1.82, 2.24) is 10.2 Å². The molecule has 7 N–H and O–H groups in total. The third-order valence-corrected chi connectivity index (χ3v) is 8.47. The molecule has 31 heavy (non-hydrogen) atoms. The molecule has 2 aliphatic rings. The van der Waals surface area contributed by atoms with E-state index in [-0.39, 0.29) is 5.82 Å². The van der Waals surface area contributed by atoms with Gasteiger partial charge < -0.3 is 49.3 Å². The maximum atomic E-state index is 11.5. The predicted octanol–water partition coefficient (Wildman–Crippen LogP) is -1.69. The van der Waals surface area contributed by atoms with E-state index in [1.54, 1.807) is 0 Å². The van der Waals surface area contributed by atoms with Crippen LogP contribution in [0.25, 0.3) is 0 Å². The molecule has 1 fully saturated rings. The van der Waals surface area contributed by atoms with Crippen LogP contribution in [0.3, 0.4) is 0 Å². The van der Waals surface area contributed by atoms with Gasteiger partial charge in [0, 0.05) is 12.3 Å². The van der Waals surface area contributed by atoms with Gasteiger partial charge in [0.1, 0.15) is 18.0 Å². The molecule has 0 aromatic carbocycles. The van der Waals surface area contributed by atoms with Gasteiger partial charge in [-0.15, -0.1) is 6.42 Å². The number of carbonyl (C=O) groups excluding carboxylic acids is 1. The van der Waals surface area contributed by atoms with Crippen LogP contribution in [0, 0.1) is 12.3 Å². The highest BCUT2D eigenvalue weighted by Crippen LogP contribution is 2.66. The van der Waals surface area contributed by atoms with Crippen LogP contribution in [0.4, 0.5) is 0 Å². The molecule has 0 bridgehead atoms. The Labute approximate surface area is 180 Å². The largest absolute Gasteiger partial charge is 0.488 e.